The van der Waals surface area contributed by atoms with E-state index in [0.29, 0.717) is 11.8 Å². The summed E-state index contributed by atoms with van der Waals surface area (Å²) in [5, 5.41) is 2.74. The smallest absolute Gasteiger partial charge is 0.418 e. The zero-order chi connectivity index (χ0) is 24.8. The summed E-state index contributed by atoms with van der Waals surface area (Å²) in [6.45, 7) is 0.0698. The molecule has 0 saturated heterocycles. The van der Waals surface area contributed by atoms with Crippen LogP contribution in [-0.4, -0.2) is 19.8 Å². The van der Waals surface area contributed by atoms with Crippen LogP contribution in [-0.2, 0) is 12.4 Å². The number of alkyl halides is 6. The van der Waals surface area contributed by atoms with E-state index in [2.05, 4.69) is 5.32 Å². The molecular weight excluding hydrogens is 542 g/mol. The normalized spacial score (nSPS) is 11.8. The Bertz CT molecular complexity index is 968. The maximum absolute atomic E-state index is 13.2. The van der Waals surface area contributed by atoms with Crippen molar-refractivity contribution in [2.45, 2.75) is 18.8 Å². The van der Waals surface area contributed by atoms with E-state index < -0.39 is 29.2 Å². The summed E-state index contributed by atoms with van der Waals surface area (Å²) < 4.78 is 88.6. The molecule has 3 nitrogen and oxygen atoms in total. The van der Waals surface area contributed by atoms with E-state index in [-0.39, 0.29) is 52.5 Å². The van der Waals surface area contributed by atoms with Crippen LogP contribution in [0.25, 0.3) is 0 Å². The molecule has 2 aromatic rings. The predicted molar refractivity (Wildman–Crippen MR) is 117 cm³/mol. The van der Waals surface area contributed by atoms with Gasteiger partial charge in [0.05, 0.1) is 27.8 Å². The first kappa shape index (κ1) is 27.6. The van der Waals surface area contributed by atoms with Gasteiger partial charge in [-0.1, -0.05) is 46.4 Å². The van der Waals surface area contributed by atoms with Crippen LogP contribution >= 0.6 is 46.4 Å². The third-order valence-electron chi connectivity index (χ3n) is 3.99. The van der Waals surface area contributed by atoms with Gasteiger partial charge in [-0.25, -0.2) is 0 Å². The number of halogens is 10. The third-order valence-corrected chi connectivity index (χ3v) is 4.86. The fourth-order valence-electron chi connectivity index (χ4n) is 2.54. The van der Waals surface area contributed by atoms with Gasteiger partial charge >= 0.3 is 12.4 Å². The summed E-state index contributed by atoms with van der Waals surface area (Å²) in [6.07, 6.45) is -8.25. The Balaban J connectivity index is 1.95. The van der Waals surface area contributed by atoms with E-state index in [1.165, 1.54) is 18.2 Å². The van der Waals surface area contributed by atoms with Gasteiger partial charge in [-0.15, -0.1) is 0 Å². The van der Waals surface area contributed by atoms with Crippen LogP contribution in [0.4, 0.5) is 32.0 Å². The summed E-state index contributed by atoms with van der Waals surface area (Å²) in [4.78, 5) is 0. The Hall–Kier alpha value is -1.68. The monoisotopic (exact) mass is 555 g/mol. The first-order valence-corrected chi connectivity index (χ1v) is 10.6. The lowest BCUT2D eigenvalue weighted by Gasteiger charge is -2.17. The van der Waals surface area contributed by atoms with E-state index in [9.17, 15) is 26.3 Å². The first-order valence-electron chi connectivity index (χ1n) is 9.07. The largest absolute Gasteiger partial charge is 0.490 e. The van der Waals surface area contributed by atoms with Crippen LogP contribution in [0.15, 0.2) is 40.9 Å². The molecule has 0 bridgehead atoms. The number of hydrogen-bond acceptors (Lipinski definition) is 3. The minimum atomic E-state index is -4.96. The molecule has 0 aliphatic heterocycles. The molecule has 182 valence electrons. The summed E-state index contributed by atoms with van der Waals surface area (Å²) in [5.74, 6) is 0.467. The highest BCUT2D eigenvalue weighted by atomic mass is 35.5. The van der Waals surface area contributed by atoms with Gasteiger partial charge < -0.3 is 14.8 Å². The lowest BCUT2D eigenvalue weighted by atomic mass is 10.1. The average Bonchev–Trinajstić information content (AvgIpc) is 2.67. The first-order chi connectivity index (χ1) is 15.3. The molecule has 0 atom stereocenters. The van der Waals surface area contributed by atoms with Crippen LogP contribution < -0.4 is 14.8 Å². The Morgan fingerprint density at radius 2 is 1.55 bits per heavy atom. The van der Waals surface area contributed by atoms with Crippen LogP contribution in [0, 0.1) is 0 Å². The predicted octanol–water partition coefficient (Wildman–Crippen LogP) is 8.61. The zero-order valence-corrected chi connectivity index (χ0v) is 19.4. The van der Waals surface area contributed by atoms with E-state index in [1.54, 1.807) is 0 Å². The number of nitrogens with one attached hydrogen (secondary N) is 1. The number of anilines is 1. The van der Waals surface area contributed by atoms with Crippen molar-refractivity contribution in [1.29, 1.82) is 0 Å². The minimum Gasteiger partial charge on any atom is -0.490 e. The topological polar surface area (TPSA) is 30.5 Å². The number of hydrogen-bond donors (Lipinski definition) is 1. The van der Waals surface area contributed by atoms with Crippen LogP contribution in [0.2, 0.25) is 10.0 Å². The Morgan fingerprint density at radius 3 is 2.09 bits per heavy atom. The molecule has 0 saturated carbocycles. The van der Waals surface area contributed by atoms with Crippen molar-refractivity contribution < 1.29 is 35.8 Å². The molecule has 2 rings (SSSR count). The van der Waals surface area contributed by atoms with E-state index in [0.717, 1.165) is 6.07 Å². The molecule has 0 radical (unpaired) electrons. The van der Waals surface area contributed by atoms with Crippen LogP contribution in [0.1, 0.15) is 17.5 Å². The second-order valence-corrected chi connectivity index (χ2v) is 8.23. The molecule has 0 aliphatic carbocycles. The molecule has 0 fully saturated rings. The number of ether oxygens (including phenoxy) is 2. The minimum absolute atomic E-state index is 0.0131. The van der Waals surface area contributed by atoms with Gasteiger partial charge in [0, 0.05) is 24.4 Å². The van der Waals surface area contributed by atoms with Crippen molar-refractivity contribution in [2.75, 3.05) is 25.1 Å². The van der Waals surface area contributed by atoms with Crippen molar-refractivity contribution in [2.24, 2.45) is 0 Å². The van der Waals surface area contributed by atoms with Crippen LogP contribution in [0.3, 0.4) is 0 Å². The molecule has 0 unspecified atom stereocenters. The summed E-state index contributed by atoms with van der Waals surface area (Å²) in [6, 6.07) is 4.27. The molecule has 1 N–H and O–H groups in total. The zero-order valence-electron chi connectivity index (χ0n) is 16.4. The summed E-state index contributed by atoms with van der Waals surface area (Å²) in [7, 11) is 0. The van der Waals surface area contributed by atoms with E-state index in [1.807, 2.05) is 0 Å². The Kier molecular flexibility index (Phi) is 9.72. The third kappa shape index (κ3) is 8.55. The van der Waals surface area contributed by atoms with Gasteiger partial charge in [-0.05, 0) is 30.7 Å². The van der Waals surface area contributed by atoms with Crippen LogP contribution in [0.5, 0.6) is 11.5 Å². The maximum Gasteiger partial charge on any atom is 0.418 e. The van der Waals surface area contributed by atoms with E-state index in [4.69, 9.17) is 55.9 Å². The van der Waals surface area contributed by atoms with Gasteiger partial charge in [0.2, 0.25) is 0 Å². The van der Waals surface area contributed by atoms with Crippen molar-refractivity contribution in [1.82, 2.24) is 0 Å². The molecule has 0 aliphatic rings. The maximum atomic E-state index is 13.2. The fraction of sp³-hybridized carbons (Fsp3) is 0.300. The second-order valence-electron chi connectivity index (χ2n) is 6.41. The van der Waals surface area contributed by atoms with Gasteiger partial charge in [0.15, 0.2) is 5.75 Å². The van der Waals surface area contributed by atoms with Gasteiger partial charge in [0.1, 0.15) is 16.8 Å². The molecule has 0 spiro atoms. The fourth-order valence-corrected chi connectivity index (χ4v) is 3.24. The Labute approximate surface area is 205 Å². The number of rotatable bonds is 9. The molecule has 0 aromatic heterocycles. The van der Waals surface area contributed by atoms with Crippen molar-refractivity contribution >= 4 is 52.1 Å². The average molecular weight is 557 g/mol. The highest BCUT2D eigenvalue weighted by molar-refractivity contribution is 6.55. The Morgan fingerprint density at radius 1 is 0.909 bits per heavy atom. The second kappa shape index (κ2) is 11.6. The van der Waals surface area contributed by atoms with Gasteiger partial charge in [0.25, 0.3) is 0 Å². The molecule has 13 heteroatoms. The van der Waals surface area contributed by atoms with Gasteiger partial charge in [-0.3, -0.25) is 0 Å². The molecule has 33 heavy (non-hydrogen) atoms. The SMILES string of the molecule is FC(F)(F)c1ccc(NCCCOc2c(Cl)cc(OCC=C(Cl)Cl)cc2Cl)c(C(F)(F)F)c1. The quantitative estimate of drug-likeness (QED) is 0.248. The summed E-state index contributed by atoms with van der Waals surface area (Å²) in [5.41, 5.74) is -3.27. The molecule has 2 aromatic carbocycles. The highest BCUT2D eigenvalue weighted by Crippen LogP contribution is 2.40. The molecule has 0 heterocycles. The standard InChI is InChI=1S/C20H15Cl4F6NO2/c21-14-9-12(32-7-4-17(23)24)10-15(22)18(14)33-6-1-5-31-16-3-2-11(19(25,26)27)8-13(16)20(28,29)30/h2-4,8-10,31H,1,5-7H2. The van der Waals surface area contributed by atoms with Crippen molar-refractivity contribution in [3.63, 3.8) is 0 Å². The van der Waals surface area contributed by atoms with Crippen molar-refractivity contribution in [3.8, 4) is 11.5 Å². The van der Waals surface area contributed by atoms with E-state index >= 15 is 0 Å². The highest BCUT2D eigenvalue weighted by Gasteiger charge is 2.38. The molecule has 0 amide bonds. The molecular formula is C20H15Cl4F6NO2. The van der Waals surface area contributed by atoms with Gasteiger partial charge in [-0.2, -0.15) is 26.3 Å². The summed E-state index contributed by atoms with van der Waals surface area (Å²) >= 11 is 23.2. The lowest BCUT2D eigenvalue weighted by Crippen LogP contribution is -2.15. The van der Waals surface area contributed by atoms with Crippen molar-refractivity contribution in [3.05, 3.63) is 62.1 Å². The lowest BCUT2D eigenvalue weighted by molar-refractivity contribution is -0.142. The number of benzene rings is 2.